The Morgan fingerprint density at radius 3 is 2.24 bits per heavy atom. The molecule has 0 aliphatic carbocycles. The number of hydrazine groups is 1. The van der Waals surface area contributed by atoms with Crippen LogP contribution in [0.2, 0.25) is 0 Å². The molecule has 0 aromatic heterocycles. The summed E-state index contributed by atoms with van der Waals surface area (Å²) in [5.41, 5.74) is 2.98. The molecule has 0 atom stereocenters. The normalized spacial score (nSPS) is 16.3. The average molecular weight is 240 g/mol. The van der Waals surface area contributed by atoms with Gasteiger partial charge in [0.2, 0.25) is 5.91 Å². The van der Waals surface area contributed by atoms with E-state index < -0.39 is 0 Å². The summed E-state index contributed by atoms with van der Waals surface area (Å²) < 4.78 is 0. The van der Waals surface area contributed by atoms with Crippen LogP contribution in [0.5, 0.6) is 0 Å². The van der Waals surface area contributed by atoms with Gasteiger partial charge in [0, 0.05) is 19.5 Å². The molecule has 0 radical (unpaired) electrons. The lowest BCUT2D eigenvalue weighted by molar-refractivity contribution is -0.125. The van der Waals surface area contributed by atoms with Crippen molar-refractivity contribution < 1.29 is 4.79 Å². The van der Waals surface area contributed by atoms with Crippen LogP contribution in [-0.4, -0.2) is 24.0 Å². The maximum absolute atomic E-state index is 11.6. The number of nitrogens with one attached hydrogen (secondary N) is 1. The van der Waals surface area contributed by atoms with Gasteiger partial charge in [0.25, 0.3) is 0 Å². The number of amides is 1. The molecule has 1 aliphatic heterocycles. The minimum absolute atomic E-state index is 0.209. The van der Waals surface area contributed by atoms with Crippen LogP contribution in [0.3, 0.4) is 0 Å². The van der Waals surface area contributed by atoms with Crippen molar-refractivity contribution >= 4 is 5.91 Å². The summed E-state index contributed by atoms with van der Waals surface area (Å²) in [4.78, 5) is 11.6. The van der Waals surface area contributed by atoms with E-state index in [4.69, 9.17) is 0 Å². The van der Waals surface area contributed by atoms with Gasteiger partial charge in [-0.25, -0.2) is 5.01 Å². The van der Waals surface area contributed by atoms with Crippen molar-refractivity contribution in [2.75, 3.05) is 13.1 Å². The summed E-state index contributed by atoms with van der Waals surface area (Å²) in [5, 5.41) is 2.06. The van der Waals surface area contributed by atoms with Crippen molar-refractivity contribution in [2.45, 2.75) is 71.1 Å². The van der Waals surface area contributed by atoms with Gasteiger partial charge in [0.1, 0.15) is 0 Å². The first-order valence-electron chi connectivity index (χ1n) is 7.37. The third-order valence-corrected chi connectivity index (χ3v) is 3.40. The summed E-state index contributed by atoms with van der Waals surface area (Å²) in [5.74, 6) is 0.209. The van der Waals surface area contributed by atoms with Crippen LogP contribution in [0.15, 0.2) is 0 Å². The van der Waals surface area contributed by atoms with Crippen LogP contribution in [0.25, 0.3) is 0 Å². The third-order valence-electron chi connectivity index (χ3n) is 3.40. The molecule has 100 valence electrons. The molecular weight excluding hydrogens is 212 g/mol. The Hall–Kier alpha value is -0.570. The fourth-order valence-electron chi connectivity index (χ4n) is 2.30. The van der Waals surface area contributed by atoms with Gasteiger partial charge in [0.15, 0.2) is 0 Å². The average Bonchev–Trinajstić information content (AvgIpc) is 2.80. The highest BCUT2D eigenvalue weighted by molar-refractivity contribution is 5.75. The largest absolute Gasteiger partial charge is 0.289 e. The van der Waals surface area contributed by atoms with Gasteiger partial charge >= 0.3 is 0 Å². The molecule has 1 saturated heterocycles. The van der Waals surface area contributed by atoms with Gasteiger partial charge < -0.3 is 0 Å². The van der Waals surface area contributed by atoms with Crippen LogP contribution in [0.1, 0.15) is 71.1 Å². The van der Waals surface area contributed by atoms with Gasteiger partial charge in [0.05, 0.1) is 0 Å². The molecule has 0 aromatic rings. The highest BCUT2D eigenvalue weighted by Gasteiger charge is 2.13. The van der Waals surface area contributed by atoms with Gasteiger partial charge in [-0.2, -0.15) is 0 Å². The summed E-state index contributed by atoms with van der Waals surface area (Å²) >= 11 is 0. The van der Waals surface area contributed by atoms with Gasteiger partial charge in [-0.1, -0.05) is 45.4 Å². The van der Waals surface area contributed by atoms with E-state index in [9.17, 15) is 4.79 Å². The monoisotopic (exact) mass is 240 g/mol. The smallest absolute Gasteiger partial charge is 0.234 e. The molecule has 0 unspecified atom stereocenters. The molecule has 3 nitrogen and oxygen atoms in total. The molecule has 1 heterocycles. The first kappa shape index (κ1) is 14.5. The van der Waals surface area contributed by atoms with E-state index in [2.05, 4.69) is 17.4 Å². The Morgan fingerprint density at radius 1 is 1.00 bits per heavy atom. The van der Waals surface area contributed by atoms with Crippen molar-refractivity contribution in [3.63, 3.8) is 0 Å². The number of hydrogen-bond donors (Lipinski definition) is 1. The molecule has 1 rings (SSSR count). The number of nitrogens with zero attached hydrogens (tertiary/aromatic N) is 1. The van der Waals surface area contributed by atoms with Crippen LogP contribution in [0.4, 0.5) is 0 Å². The molecule has 0 bridgehead atoms. The molecular formula is C14H28N2O. The quantitative estimate of drug-likeness (QED) is 0.627. The Morgan fingerprint density at radius 2 is 1.59 bits per heavy atom. The summed E-state index contributed by atoms with van der Waals surface area (Å²) in [6.07, 6.45) is 12.0. The van der Waals surface area contributed by atoms with Crippen LogP contribution in [0, 0.1) is 0 Å². The maximum atomic E-state index is 11.6. The zero-order valence-corrected chi connectivity index (χ0v) is 11.3. The minimum atomic E-state index is 0.209. The zero-order valence-electron chi connectivity index (χ0n) is 11.3. The number of unbranched alkanes of at least 4 members (excludes halogenated alkanes) is 6. The predicted molar refractivity (Wildman–Crippen MR) is 71.6 cm³/mol. The van der Waals surface area contributed by atoms with Gasteiger partial charge in [-0.15, -0.1) is 0 Å². The molecule has 1 aliphatic rings. The number of carbonyl (C=O) groups is 1. The molecule has 0 saturated carbocycles. The molecule has 1 amide bonds. The first-order valence-corrected chi connectivity index (χ1v) is 7.37. The van der Waals surface area contributed by atoms with E-state index in [1.165, 1.54) is 51.4 Å². The van der Waals surface area contributed by atoms with Crippen molar-refractivity contribution in [1.29, 1.82) is 0 Å². The zero-order chi connectivity index (χ0) is 12.3. The first-order chi connectivity index (χ1) is 8.33. The Labute approximate surface area is 106 Å². The van der Waals surface area contributed by atoms with Crippen molar-refractivity contribution in [3.05, 3.63) is 0 Å². The van der Waals surface area contributed by atoms with Crippen molar-refractivity contribution in [1.82, 2.24) is 10.4 Å². The number of carbonyl (C=O) groups excluding carboxylic acids is 1. The molecule has 0 spiro atoms. The summed E-state index contributed by atoms with van der Waals surface area (Å²) in [6.45, 7) is 4.30. The number of rotatable bonds is 9. The van der Waals surface area contributed by atoms with Crippen molar-refractivity contribution in [3.8, 4) is 0 Å². The Bertz CT molecular complexity index is 200. The van der Waals surface area contributed by atoms with E-state index in [1.807, 2.05) is 0 Å². The van der Waals surface area contributed by atoms with E-state index in [0.29, 0.717) is 6.42 Å². The van der Waals surface area contributed by atoms with Gasteiger partial charge in [-0.3, -0.25) is 10.2 Å². The van der Waals surface area contributed by atoms with Crippen LogP contribution >= 0.6 is 0 Å². The second-order valence-electron chi connectivity index (χ2n) is 5.10. The van der Waals surface area contributed by atoms with Crippen LogP contribution < -0.4 is 5.43 Å². The number of hydrogen-bond acceptors (Lipinski definition) is 2. The second kappa shape index (κ2) is 9.46. The molecule has 17 heavy (non-hydrogen) atoms. The minimum Gasteiger partial charge on any atom is -0.289 e. The highest BCUT2D eigenvalue weighted by Crippen LogP contribution is 2.09. The predicted octanol–water partition coefficient (Wildman–Crippen LogP) is 3.25. The fourth-order valence-corrected chi connectivity index (χ4v) is 2.30. The standard InChI is InChI=1S/C14H28N2O/c1-2-3-4-5-6-7-8-11-14(17)15-16-12-9-10-13-16/h2-13H2,1H3,(H,15,17). The lowest BCUT2D eigenvalue weighted by atomic mass is 10.1. The van der Waals surface area contributed by atoms with Crippen LogP contribution in [-0.2, 0) is 4.79 Å². The van der Waals surface area contributed by atoms with E-state index in [-0.39, 0.29) is 5.91 Å². The van der Waals surface area contributed by atoms with E-state index >= 15 is 0 Å². The topological polar surface area (TPSA) is 32.3 Å². The SMILES string of the molecule is CCCCCCCCCC(=O)NN1CCCC1. The Kier molecular flexibility index (Phi) is 8.06. The Balaban J connectivity index is 1.86. The summed E-state index contributed by atoms with van der Waals surface area (Å²) in [7, 11) is 0. The fraction of sp³-hybridized carbons (Fsp3) is 0.929. The lowest BCUT2D eigenvalue weighted by Gasteiger charge is -2.15. The maximum Gasteiger partial charge on any atom is 0.234 e. The van der Waals surface area contributed by atoms with Gasteiger partial charge in [-0.05, 0) is 19.3 Å². The molecule has 0 aromatic carbocycles. The van der Waals surface area contributed by atoms with E-state index in [0.717, 1.165) is 19.5 Å². The highest BCUT2D eigenvalue weighted by atomic mass is 16.2. The third kappa shape index (κ3) is 7.37. The molecule has 3 heteroatoms. The van der Waals surface area contributed by atoms with Crippen molar-refractivity contribution in [2.24, 2.45) is 0 Å². The van der Waals surface area contributed by atoms with E-state index in [1.54, 1.807) is 0 Å². The molecule has 1 fully saturated rings. The molecule has 1 N–H and O–H groups in total. The lowest BCUT2D eigenvalue weighted by Crippen LogP contribution is -2.39. The summed E-state index contributed by atoms with van der Waals surface area (Å²) in [6, 6.07) is 0. The second-order valence-corrected chi connectivity index (χ2v) is 5.10.